The molecule has 1 aliphatic carbocycles. The molecule has 0 bridgehead atoms. The van der Waals surface area contributed by atoms with Crippen molar-refractivity contribution in [1.29, 1.82) is 0 Å². The Morgan fingerprint density at radius 2 is 1.87 bits per heavy atom. The Hall–Kier alpha value is -0.350. The van der Waals surface area contributed by atoms with Crippen LogP contribution in [0.3, 0.4) is 0 Å². The fourth-order valence-electron chi connectivity index (χ4n) is 1.98. The summed E-state index contributed by atoms with van der Waals surface area (Å²) in [6.45, 7) is 6.20. The van der Waals surface area contributed by atoms with Crippen LogP contribution in [0.1, 0.15) is 32.6 Å². The van der Waals surface area contributed by atoms with Crippen molar-refractivity contribution in [1.82, 2.24) is 10.6 Å². The van der Waals surface area contributed by atoms with Crippen molar-refractivity contribution in [3.8, 4) is 0 Å². The Balaban J connectivity index is 2.18. The predicted octanol–water partition coefficient (Wildman–Crippen LogP) is 1.93. The van der Waals surface area contributed by atoms with Crippen molar-refractivity contribution >= 4 is 21.8 Å². The lowest BCUT2D eigenvalue weighted by molar-refractivity contribution is -0.119. The van der Waals surface area contributed by atoms with Crippen LogP contribution in [0.4, 0.5) is 0 Å². The standard InChI is InChI=1S/C11H19BrN2O/c1-8(12)7-13-10-3-5-11(6-4-10)14-9(2)15/h10-11,13H,1,3-7H2,2H3,(H,14,15). The first-order chi connectivity index (χ1) is 7.08. The number of rotatable bonds is 4. The van der Waals surface area contributed by atoms with Gasteiger partial charge in [-0.25, -0.2) is 0 Å². The van der Waals surface area contributed by atoms with Crippen molar-refractivity contribution in [3.05, 3.63) is 11.1 Å². The smallest absolute Gasteiger partial charge is 0.217 e. The summed E-state index contributed by atoms with van der Waals surface area (Å²) < 4.78 is 0.992. The van der Waals surface area contributed by atoms with Crippen LogP contribution in [0.25, 0.3) is 0 Å². The van der Waals surface area contributed by atoms with Gasteiger partial charge in [0.2, 0.25) is 5.91 Å². The van der Waals surface area contributed by atoms with Crippen molar-refractivity contribution in [2.45, 2.75) is 44.7 Å². The molecule has 1 saturated carbocycles. The first-order valence-electron chi connectivity index (χ1n) is 5.41. The summed E-state index contributed by atoms with van der Waals surface area (Å²) in [5.41, 5.74) is 0. The van der Waals surface area contributed by atoms with E-state index in [0.717, 1.165) is 36.7 Å². The maximum Gasteiger partial charge on any atom is 0.217 e. The summed E-state index contributed by atoms with van der Waals surface area (Å²) in [5, 5.41) is 6.41. The average molecular weight is 275 g/mol. The van der Waals surface area contributed by atoms with Gasteiger partial charge < -0.3 is 10.6 Å². The second-order valence-corrected chi connectivity index (χ2v) is 5.27. The van der Waals surface area contributed by atoms with Gasteiger partial charge in [-0.15, -0.1) is 0 Å². The van der Waals surface area contributed by atoms with Crippen LogP contribution < -0.4 is 10.6 Å². The molecule has 86 valence electrons. The second kappa shape index (κ2) is 6.28. The van der Waals surface area contributed by atoms with Crippen molar-refractivity contribution in [2.75, 3.05) is 6.54 Å². The Bertz CT molecular complexity index is 235. The van der Waals surface area contributed by atoms with Gasteiger partial charge in [-0.1, -0.05) is 22.5 Å². The molecule has 0 heterocycles. The van der Waals surface area contributed by atoms with E-state index >= 15 is 0 Å². The summed E-state index contributed by atoms with van der Waals surface area (Å²) >= 11 is 3.33. The minimum atomic E-state index is 0.0836. The number of hydrogen-bond acceptors (Lipinski definition) is 2. The van der Waals surface area contributed by atoms with Crippen molar-refractivity contribution < 1.29 is 4.79 Å². The molecule has 0 unspecified atom stereocenters. The largest absolute Gasteiger partial charge is 0.354 e. The molecule has 1 rings (SSSR count). The number of nitrogens with one attached hydrogen (secondary N) is 2. The van der Waals surface area contributed by atoms with E-state index in [1.165, 1.54) is 0 Å². The zero-order valence-electron chi connectivity index (χ0n) is 9.18. The number of halogens is 1. The first kappa shape index (κ1) is 12.7. The molecule has 2 N–H and O–H groups in total. The molecule has 0 aromatic heterocycles. The van der Waals surface area contributed by atoms with Gasteiger partial charge in [0.25, 0.3) is 0 Å². The van der Waals surface area contributed by atoms with Gasteiger partial charge in [-0.2, -0.15) is 0 Å². The third-order valence-corrected chi connectivity index (χ3v) is 3.00. The monoisotopic (exact) mass is 274 g/mol. The molecule has 0 aromatic carbocycles. The number of carbonyl (C=O) groups is 1. The van der Waals surface area contributed by atoms with E-state index in [4.69, 9.17) is 0 Å². The van der Waals surface area contributed by atoms with Gasteiger partial charge in [0, 0.05) is 30.0 Å². The van der Waals surface area contributed by atoms with Crippen LogP contribution >= 0.6 is 15.9 Å². The fraction of sp³-hybridized carbons (Fsp3) is 0.727. The number of amides is 1. The van der Waals surface area contributed by atoms with Crippen LogP contribution in [0.2, 0.25) is 0 Å². The molecule has 0 spiro atoms. The lowest BCUT2D eigenvalue weighted by atomic mass is 9.91. The van der Waals surface area contributed by atoms with Crippen molar-refractivity contribution in [3.63, 3.8) is 0 Å². The molecular formula is C11H19BrN2O. The first-order valence-corrected chi connectivity index (χ1v) is 6.21. The second-order valence-electron chi connectivity index (χ2n) is 4.15. The molecule has 1 aliphatic rings. The molecule has 1 fully saturated rings. The molecule has 4 heteroatoms. The van der Waals surface area contributed by atoms with E-state index in [0.29, 0.717) is 12.1 Å². The highest BCUT2D eigenvalue weighted by atomic mass is 79.9. The Labute approximate surface area is 99.8 Å². The third kappa shape index (κ3) is 5.33. The van der Waals surface area contributed by atoms with Gasteiger partial charge >= 0.3 is 0 Å². The molecule has 15 heavy (non-hydrogen) atoms. The molecule has 0 saturated heterocycles. The molecule has 1 amide bonds. The van der Waals surface area contributed by atoms with Crippen molar-refractivity contribution in [2.24, 2.45) is 0 Å². The number of carbonyl (C=O) groups excluding carboxylic acids is 1. The summed E-state index contributed by atoms with van der Waals surface area (Å²) in [4.78, 5) is 10.9. The van der Waals surface area contributed by atoms with Crippen LogP contribution in [0.15, 0.2) is 11.1 Å². The third-order valence-electron chi connectivity index (χ3n) is 2.72. The van der Waals surface area contributed by atoms with Crippen LogP contribution in [-0.2, 0) is 4.79 Å². The van der Waals surface area contributed by atoms with Crippen LogP contribution in [-0.4, -0.2) is 24.5 Å². The highest BCUT2D eigenvalue weighted by molar-refractivity contribution is 9.11. The zero-order chi connectivity index (χ0) is 11.3. The van der Waals surface area contributed by atoms with E-state index in [1.807, 2.05) is 0 Å². The van der Waals surface area contributed by atoms with Gasteiger partial charge in [-0.05, 0) is 25.7 Å². The van der Waals surface area contributed by atoms with E-state index in [9.17, 15) is 4.79 Å². The lowest BCUT2D eigenvalue weighted by Crippen LogP contribution is -2.41. The maximum absolute atomic E-state index is 10.9. The molecule has 0 aliphatic heterocycles. The highest BCUT2D eigenvalue weighted by Crippen LogP contribution is 2.18. The van der Waals surface area contributed by atoms with Gasteiger partial charge in [0.15, 0.2) is 0 Å². The normalized spacial score (nSPS) is 26.0. The summed E-state index contributed by atoms with van der Waals surface area (Å²) in [5.74, 6) is 0.0836. The van der Waals surface area contributed by atoms with Crippen LogP contribution in [0, 0.1) is 0 Å². The summed E-state index contributed by atoms with van der Waals surface area (Å²) in [6, 6.07) is 0.956. The minimum Gasteiger partial charge on any atom is -0.354 e. The zero-order valence-corrected chi connectivity index (χ0v) is 10.8. The molecule has 0 radical (unpaired) electrons. The Kier molecular flexibility index (Phi) is 5.32. The van der Waals surface area contributed by atoms with E-state index in [-0.39, 0.29) is 5.91 Å². The molecule has 0 atom stereocenters. The fourth-order valence-corrected chi connectivity index (χ4v) is 2.15. The van der Waals surface area contributed by atoms with Gasteiger partial charge in [-0.3, -0.25) is 4.79 Å². The maximum atomic E-state index is 10.9. The van der Waals surface area contributed by atoms with Gasteiger partial charge in [0.1, 0.15) is 0 Å². The van der Waals surface area contributed by atoms with E-state index < -0.39 is 0 Å². The molecule has 0 aromatic rings. The average Bonchev–Trinajstić information content (AvgIpc) is 2.16. The quantitative estimate of drug-likeness (QED) is 0.823. The highest BCUT2D eigenvalue weighted by Gasteiger charge is 2.20. The van der Waals surface area contributed by atoms with E-state index in [2.05, 4.69) is 33.1 Å². The molecular weight excluding hydrogens is 256 g/mol. The molecule has 3 nitrogen and oxygen atoms in total. The predicted molar refractivity (Wildman–Crippen MR) is 65.9 cm³/mol. The number of hydrogen-bond donors (Lipinski definition) is 2. The van der Waals surface area contributed by atoms with E-state index in [1.54, 1.807) is 6.92 Å². The summed E-state index contributed by atoms with van der Waals surface area (Å²) in [7, 11) is 0. The summed E-state index contributed by atoms with van der Waals surface area (Å²) in [6.07, 6.45) is 4.41. The minimum absolute atomic E-state index is 0.0836. The topological polar surface area (TPSA) is 41.1 Å². The SMILES string of the molecule is C=C(Br)CNC1CCC(NC(C)=O)CC1. The van der Waals surface area contributed by atoms with Gasteiger partial charge in [0.05, 0.1) is 0 Å². The van der Waals surface area contributed by atoms with Crippen LogP contribution in [0.5, 0.6) is 0 Å². The Morgan fingerprint density at radius 1 is 1.33 bits per heavy atom. The lowest BCUT2D eigenvalue weighted by Gasteiger charge is -2.29. The Morgan fingerprint density at radius 3 is 2.33 bits per heavy atom.